The normalized spacial score (nSPS) is 21.8. The summed E-state index contributed by atoms with van der Waals surface area (Å²) < 4.78 is 0. The molecular formula is C17H23N3O. The zero-order valence-electron chi connectivity index (χ0n) is 12.4. The molecule has 2 N–H and O–H groups in total. The molecule has 1 atom stereocenters. The Morgan fingerprint density at radius 2 is 2.00 bits per heavy atom. The van der Waals surface area contributed by atoms with Crippen molar-refractivity contribution >= 4 is 11.2 Å². The van der Waals surface area contributed by atoms with E-state index in [1.54, 1.807) is 6.33 Å². The van der Waals surface area contributed by atoms with E-state index in [0.29, 0.717) is 11.8 Å². The largest absolute Gasteiger partial charge is 0.387 e. The molecule has 112 valence electrons. The van der Waals surface area contributed by atoms with Crippen molar-refractivity contribution in [2.24, 2.45) is 5.92 Å². The van der Waals surface area contributed by atoms with Gasteiger partial charge in [-0.2, -0.15) is 0 Å². The Bertz CT molecular complexity index is 626. The third kappa shape index (κ3) is 2.69. The van der Waals surface area contributed by atoms with Crippen LogP contribution in [0.25, 0.3) is 11.2 Å². The third-order valence-corrected chi connectivity index (χ3v) is 5.08. The van der Waals surface area contributed by atoms with Crippen LogP contribution in [0.1, 0.15) is 74.6 Å². The molecule has 0 radical (unpaired) electrons. The number of hydrogen-bond acceptors (Lipinski definition) is 3. The van der Waals surface area contributed by atoms with Crippen LogP contribution in [0.4, 0.5) is 0 Å². The molecular weight excluding hydrogens is 262 g/mol. The van der Waals surface area contributed by atoms with Gasteiger partial charge in [-0.15, -0.1) is 0 Å². The maximum atomic E-state index is 10.7. The van der Waals surface area contributed by atoms with Gasteiger partial charge in [0, 0.05) is 0 Å². The lowest BCUT2D eigenvalue weighted by Gasteiger charge is -2.24. The SMILES string of the molecule is OC(CC1CCCCC1)c1nc2nc[nH]c2cc1C1CC1. The van der Waals surface area contributed by atoms with Gasteiger partial charge in [0.05, 0.1) is 23.6 Å². The second kappa shape index (κ2) is 5.41. The first-order valence-electron chi connectivity index (χ1n) is 8.33. The lowest BCUT2D eigenvalue weighted by Crippen LogP contribution is -2.13. The highest BCUT2D eigenvalue weighted by atomic mass is 16.3. The van der Waals surface area contributed by atoms with E-state index in [1.807, 2.05) is 0 Å². The van der Waals surface area contributed by atoms with E-state index < -0.39 is 6.10 Å². The summed E-state index contributed by atoms with van der Waals surface area (Å²) in [4.78, 5) is 12.1. The minimum absolute atomic E-state index is 0.426. The predicted molar refractivity (Wildman–Crippen MR) is 82.0 cm³/mol. The molecule has 2 aliphatic rings. The Balaban J connectivity index is 1.62. The first-order valence-corrected chi connectivity index (χ1v) is 8.33. The van der Waals surface area contributed by atoms with Crippen LogP contribution in [-0.2, 0) is 0 Å². The lowest BCUT2D eigenvalue weighted by molar-refractivity contribution is 0.127. The first kappa shape index (κ1) is 13.3. The van der Waals surface area contributed by atoms with Crippen molar-refractivity contribution in [3.63, 3.8) is 0 Å². The maximum Gasteiger partial charge on any atom is 0.177 e. The van der Waals surface area contributed by atoms with Gasteiger partial charge in [-0.05, 0) is 42.7 Å². The van der Waals surface area contributed by atoms with Crippen LogP contribution in [-0.4, -0.2) is 20.1 Å². The van der Waals surface area contributed by atoms with Crippen molar-refractivity contribution in [1.82, 2.24) is 15.0 Å². The molecule has 2 aliphatic carbocycles. The molecule has 4 heteroatoms. The van der Waals surface area contributed by atoms with E-state index in [4.69, 9.17) is 0 Å². The number of pyridine rings is 1. The summed E-state index contributed by atoms with van der Waals surface area (Å²) in [5.74, 6) is 1.26. The molecule has 21 heavy (non-hydrogen) atoms. The average molecular weight is 285 g/mol. The number of nitrogens with one attached hydrogen (secondary N) is 1. The minimum atomic E-state index is -0.426. The van der Waals surface area contributed by atoms with Crippen LogP contribution < -0.4 is 0 Å². The third-order valence-electron chi connectivity index (χ3n) is 5.08. The van der Waals surface area contributed by atoms with Gasteiger partial charge in [0.25, 0.3) is 0 Å². The summed E-state index contributed by atoms with van der Waals surface area (Å²) in [5.41, 5.74) is 3.86. The van der Waals surface area contributed by atoms with Crippen LogP contribution in [0, 0.1) is 5.92 Å². The number of aliphatic hydroxyl groups is 1. The summed E-state index contributed by atoms with van der Waals surface area (Å²) in [6, 6.07) is 2.16. The van der Waals surface area contributed by atoms with E-state index >= 15 is 0 Å². The van der Waals surface area contributed by atoms with Gasteiger partial charge in [0.15, 0.2) is 5.65 Å². The fourth-order valence-electron chi connectivity index (χ4n) is 3.74. The predicted octanol–water partition coefficient (Wildman–Crippen LogP) is 3.84. The second-order valence-corrected chi connectivity index (χ2v) is 6.77. The summed E-state index contributed by atoms with van der Waals surface area (Å²) in [6.07, 6.45) is 11.1. The molecule has 4 nitrogen and oxygen atoms in total. The van der Waals surface area contributed by atoms with Gasteiger partial charge in [-0.1, -0.05) is 32.1 Å². The van der Waals surface area contributed by atoms with Crippen LogP contribution in [0.5, 0.6) is 0 Å². The Hall–Kier alpha value is -1.42. The molecule has 0 aliphatic heterocycles. The minimum Gasteiger partial charge on any atom is -0.387 e. The molecule has 0 saturated heterocycles. The molecule has 2 aromatic rings. The van der Waals surface area contributed by atoms with Crippen LogP contribution in [0.3, 0.4) is 0 Å². The van der Waals surface area contributed by atoms with E-state index in [0.717, 1.165) is 23.3 Å². The van der Waals surface area contributed by atoms with Crippen molar-refractivity contribution in [2.45, 2.75) is 63.4 Å². The molecule has 2 fully saturated rings. The number of aromatic amines is 1. The number of aromatic nitrogens is 3. The molecule has 4 rings (SSSR count). The second-order valence-electron chi connectivity index (χ2n) is 6.77. The van der Waals surface area contributed by atoms with Gasteiger partial charge in [0.2, 0.25) is 0 Å². The lowest BCUT2D eigenvalue weighted by atomic mass is 9.84. The highest BCUT2D eigenvalue weighted by Crippen LogP contribution is 2.44. The Morgan fingerprint density at radius 1 is 1.19 bits per heavy atom. The van der Waals surface area contributed by atoms with Crippen molar-refractivity contribution in [2.75, 3.05) is 0 Å². The number of rotatable bonds is 4. The Labute approximate surface area is 125 Å². The van der Waals surface area contributed by atoms with Crippen molar-refractivity contribution in [3.8, 4) is 0 Å². The quantitative estimate of drug-likeness (QED) is 0.897. The molecule has 1 unspecified atom stereocenters. The first-order chi connectivity index (χ1) is 10.3. The summed E-state index contributed by atoms with van der Waals surface area (Å²) in [6.45, 7) is 0. The number of imidazole rings is 1. The van der Waals surface area contributed by atoms with Gasteiger partial charge in [-0.3, -0.25) is 0 Å². The van der Waals surface area contributed by atoms with Crippen molar-refractivity contribution < 1.29 is 5.11 Å². The van der Waals surface area contributed by atoms with Crippen molar-refractivity contribution in [1.29, 1.82) is 0 Å². The molecule has 0 bridgehead atoms. The number of aliphatic hydroxyl groups excluding tert-OH is 1. The fourth-order valence-corrected chi connectivity index (χ4v) is 3.74. The Morgan fingerprint density at radius 3 is 2.76 bits per heavy atom. The average Bonchev–Trinajstić information content (AvgIpc) is 3.25. The highest BCUT2D eigenvalue weighted by molar-refractivity contribution is 5.71. The van der Waals surface area contributed by atoms with Gasteiger partial charge < -0.3 is 10.1 Å². The molecule has 0 spiro atoms. The number of fused-ring (bicyclic) bond motifs is 1. The standard InChI is InChI=1S/C17H23N3O/c21-15(8-11-4-2-1-3-5-11)16-13(12-6-7-12)9-14-17(20-16)19-10-18-14/h9-12,15,21H,1-8H2,(H,18,19,20). The van der Waals surface area contributed by atoms with E-state index in [2.05, 4.69) is 21.0 Å². The topological polar surface area (TPSA) is 61.8 Å². The van der Waals surface area contributed by atoms with Gasteiger partial charge in [0.1, 0.15) is 0 Å². The van der Waals surface area contributed by atoms with E-state index in [-0.39, 0.29) is 0 Å². The number of hydrogen-bond donors (Lipinski definition) is 2. The smallest absolute Gasteiger partial charge is 0.177 e. The van der Waals surface area contributed by atoms with Crippen LogP contribution in [0.15, 0.2) is 12.4 Å². The highest BCUT2D eigenvalue weighted by Gasteiger charge is 2.30. The molecule has 2 saturated carbocycles. The van der Waals surface area contributed by atoms with Crippen molar-refractivity contribution in [3.05, 3.63) is 23.7 Å². The molecule has 2 heterocycles. The fraction of sp³-hybridized carbons (Fsp3) is 0.647. The van der Waals surface area contributed by atoms with Gasteiger partial charge >= 0.3 is 0 Å². The monoisotopic (exact) mass is 285 g/mol. The molecule has 2 aromatic heterocycles. The van der Waals surface area contributed by atoms with Gasteiger partial charge in [-0.25, -0.2) is 9.97 Å². The zero-order chi connectivity index (χ0) is 14.2. The number of nitrogens with zero attached hydrogens (tertiary/aromatic N) is 2. The summed E-state index contributed by atoms with van der Waals surface area (Å²) >= 11 is 0. The van der Waals surface area contributed by atoms with E-state index in [9.17, 15) is 5.11 Å². The van der Waals surface area contributed by atoms with Crippen LogP contribution >= 0.6 is 0 Å². The van der Waals surface area contributed by atoms with E-state index in [1.165, 1.54) is 50.5 Å². The Kier molecular flexibility index (Phi) is 3.42. The zero-order valence-corrected chi connectivity index (χ0v) is 12.4. The maximum absolute atomic E-state index is 10.7. The number of H-pyrrole nitrogens is 1. The van der Waals surface area contributed by atoms with Crippen LogP contribution in [0.2, 0.25) is 0 Å². The summed E-state index contributed by atoms with van der Waals surface area (Å²) in [5, 5.41) is 10.7. The molecule has 0 aromatic carbocycles. The summed E-state index contributed by atoms with van der Waals surface area (Å²) in [7, 11) is 0. The molecule has 0 amide bonds.